The molecule has 0 bridgehead atoms. The highest BCUT2D eigenvalue weighted by molar-refractivity contribution is 7.32. The highest BCUT2D eigenvalue weighted by Gasteiger charge is 2.28. The Balaban J connectivity index is 2.13. The lowest BCUT2D eigenvalue weighted by Gasteiger charge is -2.15. The van der Waals surface area contributed by atoms with Gasteiger partial charge in [-0.25, -0.2) is 9.55 Å². The number of hydrogen-bond donors (Lipinski definition) is 0. The van der Waals surface area contributed by atoms with Gasteiger partial charge in [0.1, 0.15) is 23.0 Å². The van der Waals surface area contributed by atoms with E-state index in [1.807, 2.05) is 17.7 Å². The van der Waals surface area contributed by atoms with Crippen molar-refractivity contribution in [1.29, 1.82) is 0 Å². The quantitative estimate of drug-likeness (QED) is 0.246. The Bertz CT molecular complexity index is 1350. The Hall–Kier alpha value is -2.18. The Morgan fingerprint density at radius 1 is 1.23 bits per heavy atom. The van der Waals surface area contributed by atoms with E-state index in [-0.39, 0.29) is 0 Å². The SMILES string of the molecule is Cc1c2cc[n+](C)c2cc2oc3c([Si](C)(C)C)sc4ncn(C)c(c12)c43. The van der Waals surface area contributed by atoms with Crippen LogP contribution in [0, 0.1) is 6.92 Å². The molecule has 4 nitrogen and oxygen atoms in total. The lowest BCUT2D eigenvalue weighted by Crippen LogP contribution is -2.35. The lowest BCUT2D eigenvalue weighted by atomic mass is 10.0. The molecule has 5 rings (SSSR count). The van der Waals surface area contributed by atoms with Crippen molar-refractivity contribution in [2.45, 2.75) is 26.6 Å². The van der Waals surface area contributed by atoms with Gasteiger partial charge in [-0.15, -0.1) is 11.3 Å². The van der Waals surface area contributed by atoms with Crippen LogP contribution in [0.15, 0.2) is 29.1 Å². The van der Waals surface area contributed by atoms with Crippen LogP contribution < -0.4 is 9.07 Å². The smallest absolute Gasteiger partial charge is 0.216 e. The number of nitrogens with zero attached hydrogens (tertiary/aromatic N) is 3. The summed E-state index contributed by atoms with van der Waals surface area (Å²) in [6.07, 6.45) is 4.06. The van der Waals surface area contributed by atoms with E-state index in [0.717, 1.165) is 16.0 Å². The van der Waals surface area contributed by atoms with Gasteiger partial charge in [0.2, 0.25) is 5.52 Å². The molecule has 6 heteroatoms. The summed E-state index contributed by atoms with van der Waals surface area (Å²) in [4.78, 5) is 5.79. The molecule has 0 amide bonds. The summed E-state index contributed by atoms with van der Waals surface area (Å²) in [6.45, 7) is 9.32. The normalized spacial score (nSPS) is 13.0. The van der Waals surface area contributed by atoms with Gasteiger partial charge >= 0.3 is 0 Å². The summed E-state index contributed by atoms with van der Waals surface area (Å²) in [5, 5.41) is 3.67. The fourth-order valence-corrected chi connectivity index (χ4v) is 7.20. The summed E-state index contributed by atoms with van der Waals surface area (Å²) in [7, 11) is 2.64. The van der Waals surface area contributed by atoms with E-state index in [1.54, 1.807) is 0 Å². The van der Waals surface area contributed by atoms with Gasteiger partial charge in [-0.2, -0.15) is 0 Å². The maximum absolute atomic E-state index is 6.59. The van der Waals surface area contributed by atoms with Gasteiger partial charge in [-0.05, 0) is 12.5 Å². The van der Waals surface area contributed by atoms with Crippen molar-refractivity contribution in [2.75, 3.05) is 0 Å². The zero-order valence-corrected chi connectivity index (χ0v) is 17.8. The van der Waals surface area contributed by atoms with Crippen LogP contribution >= 0.6 is 11.3 Å². The summed E-state index contributed by atoms with van der Waals surface area (Å²) in [5.41, 5.74) is 5.72. The summed E-state index contributed by atoms with van der Waals surface area (Å²) in [6, 6.07) is 4.39. The third-order valence-corrected chi connectivity index (χ3v) is 9.95. The van der Waals surface area contributed by atoms with Gasteiger partial charge in [0.05, 0.1) is 36.8 Å². The van der Waals surface area contributed by atoms with Crippen molar-refractivity contribution >= 4 is 67.1 Å². The van der Waals surface area contributed by atoms with Crippen LogP contribution in [-0.2, 0) is 14.1 Å². The van der Waals surface area contributed by atoms with Crippen LogP contribution in [0.5, 0.6) is 0 Å². The van der Waals surface area contributed by atoms with Crippen molar-refractivity contribution in [3.05, 3.63) is 30.2 Å². The first-order chi connectivity index (χ1) is 12.3. The topological polar surface area (TPSA) is 34.8 Å². The van der Waals surface area contributed by atoms with Gasteiger partial charge in [0.25, 0.3) is 0 Å². The van der Waals surface area contributed by atoms with Crippen LogP contribution in [0.2, 0.25) is 19.6 Å². The molecular formula is C20H22N3OSSi+. The number of thiophene rings is 1. The maximum Gasteiger partial charge on any atom is 0.216 e. The second kappa shape index (κ2) is 4.95. The Labute approximate surface area is 156 Å². The van der Waals surface area contributed by atoms with Crippen LogP contribution in [0.3, 0.4) is 0 Å². The highest BCUT2D eigenvalue weighted by atomic mass is 32.1. The lowest BCUT2D eigenvalue weighted by molar-refractivity contribution is -0.642. The average Bonchev–Trinajstić information content (AvgIpc) is 3.12. The molecule has 5 aromatic rings. The van der Waals surface area contributed by atoms with E-state index in [2.05, 4.69) is 68.1 Å². The molecule has 1 aromatic carbocycles. The number of hydrogen-bond acceptors (Lipinski definition) is 3. The highest BCUT2D eigenvalue weighted by Crippen LogP contribution is 2.39. The second-order valence-corrected chi connectivity index (χ2v) is 14.6. The van der Waals surface area contributed by atoms with Crippen LogP contribution in [-0.4, -0.2) is 17.6 Å². The molecule has 0 atom stereocenters. The van der Waals surface area contributed by atoms with Crippen molar-refractivity contribution in [1.82, 2.24) is 9.55 Å². The van der Waals surface area contributed by atoms with Crippen LogP contribution in [0.4, 0.5) is 0 Å². The molecule has 4 aromatic heterocycles. The standard InChI is InChI=1S/C20H22N3OSSi/c1-11-12-7-8-22(2)13(12)9-14-15(11)17-16-18(24-14)20(26(4,5)6)25-19(16)21-10-23(17)3/h7-10H,1-6H3/q+1. The van der Waals surface area contributed by atoms with E-state index < -0.39 is 8.07 Å². The number of rotatable bonds is 1. The number of fused-ring (bicyclic) bond motifs is 3. The van der Waals surface area contributed by atoms with Crippen molar-refractivity contribution in [2.24, 2.45) is 14.1 Å². The molecule has 26 heavy (non-hydrogen) atoms. The Morgan fingerprint density at radius 3 is 2.73 bits per heavy atom. The molecule has 0 N–H and O–H groups in total. The first-order valence-corrected chi connectivity index (χ1v) is 13.2. The summed E-state index contributed by atoms with van der Waals surface area (Å²) < 4.78 is 12.3. The molecule has 0 aliphatic rings. The monoisotopic (exact) mass is 380 g/mol. The second-order valence-electron chi connectivity index (χ2n) is 8.23. The van der Waals surface area contributed by atoms with Crippen LogP contribution in [0.1, 0.15) is 5.56 Å². The number of benzene rings is 1. The maximum atomic E-state index is 6.59. The molecule has 0 fully saturated rings. The summed E-state index contributed by atoms with van der Waals surface area (Å²) in [5.74, 6) is 0. The number of aryl methyl sites for hydroxylation is 3. The number of aromatic nitrogens is 3. The zero-order valence-electron chi connectivity index (χ0n) is 16.0. The van der Waals surface area contributed by atoms with Gasteiger partial charge in [-0.1, -0.05) is 19.6 Å². The minimum absolute atomic E-state index is 0.963. The predicted octanol–water partition coefficient (Wildman–Crippen LogP) is 4.37. The molecular weight excluding hydrogens is 358 g/mol. The van der Waals surface area contributed by atoms with Gasteiger partial charge in [0.15, 0.2) is 6.20 Å². The minimum Gasteiger partial charge on any atom is -0.455 e. The molecule has 0 unspecified atom stereocenters. The molecule has 132 valence electrons. The van der Waals surface area contributed by atoms with Crippen molar-refractivity contribution in [3.8, 4) is 0 Å². The van der Waals surface area contributed by atoms with E-state index in [9.17, 15) is 0 Å². The van der Waals surface area contributed by atoms with E-state index >= 15 is 0 Å². The molecule has 0 spiro atoms. The van der Waals surface area contributed by atoms with E-state index in [1.165, 1.54) is 37.3 Å². The fraction of sp³-hybridized carbons (Fsp3) is 0.300. The third kappa shape index (κ3) is 1.94. The first kappa shape index (κ1) is 16.0. The van der Waals surface area contributed by atoms with E-state index in [0.29, 0.717) is 0 Å². The summed E-state index contributed by atoms with van der Waals surface area (Å²) >= 11 is 1.81. The van der Waals surface area contributed by atoms with Gasteiger partial charge < -0.3 is 8.98 Å². The molecule has 0 saturated carbocycles. The fourth-order valence-electron chi connectivity index (χ4n) is 4.01. The largest absolute Gasteiger partial charge is 0.455 e. The molecule has 4 heterocycles. The molecule has 0 radical (unpaired) electrons. The van der Waals surface area contributed by atoms with E-state index in [4.69, 9.17) is 9.40 Å². The van der Waals surface area contributed by atoms with Crippen LogP contribution in [0.25, 0.3) is 43.2 Å². The predicted molar refractivity (Wildman–Crippen MR) is 112 cm³/mol. The minimum atomic E-state index is -1.54. The third-order valence-electron chi connectivity index (χ3n) is 5.33. The van der Waals surface area contributed by atoms with Gasteiger partial charge in [0, 0.05) is 23.0 Å². The Kier molecular flexibility index (Phi) is 3.05. The first-order valence-electron chi connectivity index (χ1n) is 8.86. The molecule has 0 aliphatic heterocycles. The van der Waals surface area contributed by atoms with Crippen molar-refractivity contribution < 1.29 is 8.98 Å². The molecule has 0 aliphatic carbocycles. The zero-order chi connectivity index (χ0) is 18.4. The van der Waals surface area contributed by atoms with Crippen molar-refractivity contribution in [3.63, 3.8) is 0 Å². The average molecular weight is 381 g/mol. The molecule has 0 saturated heterocycles. The Morgan fingerprint density at radius 2 is 2.00 bits per heavy atom. The van der Waals surface area contributed by atoms with Gasteiger partial charge in [-0.3, -0.25) is 0 Å².